The molecule has 0 saturated heterocycles. The molecule has 1 heteroatoms. The molecule has 0 aliphatic heterocycles. The van der Waals surface area contributed by atoms with Crippen molar-refractivity contribution in [3.8, 4) is 0 Å². The van der Waals surface area contributed by atoms with Crippen LogP contribution in [0.2, 0.25) is 0 Å². The predicted octanol–water partition coefficient (Wildman–Crippen LogP) is 2.86. The van der Waals surface area contributed by atoms with Gasteiger partial charge >= 0.3 is 0 Å². The Kier molecular flexibility index (Phi) is 3.94. The molecule has 0 heterocycles. The van der Waals surface area contributed by atoms with E-state index >= 15 is 0 Å². The first-order valence-electron chi connectivity index (χ1n) is 4.15. The summed E-state index contributed by atoms with van der Waals surface area (Å²) in [7, 11) is 0. The minimum atomic E-state index is 0. The van der Waals surface area contributed by atoms with Crippen LogP contribution in [0, 0.1) is 11.8 Å². The molecule has 0 bridgehead atoms. The second-order valence-corrected chi connectivity index (χ2v) is 3.10. The molecule has 0 nitrogen and oxygen atoms in total. The van der Waals surface area contributed by atoms with Crippen molar-refractivity contribution in [2.75, 3.05) is 0 Å². The molecule has 0 fully saturated rings. The summed E-state index contributed by atoms with van der Waals surface area (Å²) in [6, 6.07) is 0. The maximum atomic E-state index is 2.26. The van der Waals surface area contributed by atoms with Gasteiger partial charge in [0.2, 0.25) is 0 Å². The topological polar surface area (TPSA) is 0 Å². The minimum absolute atomic E-state index is 0. The van der Waals surface area contributed by atoms with Crippen LogP contribution < -0.4 is 0 Å². The van der Waals surface area contributed by atoms with Gasteiger partial charge in [0.25, 0.3) is 0 Å². The molecular formula is C11H12Zr. The van der Waals surface area contributed by atoms with E-state index in [1.54, 1.807) is 0 Å². The molecule has 0 saturated carbocycles. The second kappa shape index (κ2) is 4.77. The number of hydrogen-bond acceptors (Lipinski definition) is 0. The Bertz CT molecular complexity index is 196. The van der Waals surface area contributed by atoms with Crippen LogP contribution in [-0.4, -0.2) is 0 Å². The van der Waals surface area contributed by atoms with E-state index in [1.165, 1.54) is 6.42 Å². The van der Waals surface area contributed by atoms with E-state index in [2.05, 4.69) is 48.6 Å². The van der Waals surface area contributed by atoms with Crippen molar-refractivity contribution < 1.29 is 26.2 Å². The molecule has 0 aromatic carbocycles. The van der Waals surface area contributed by atoms with Gasteiger partial charge in [0.05, 0.1) is 0 Å². The quantitative estimate of drug-likeness (QED) is 0.690. The molecule has 0 aromatic rings. The molecule has 2 aliphatic rings. The molecule has 2 aliphatic carbocycles. The Labute approximate surface area is 92.9 Å². The van der Waals surface area contributed by atoms with E-state index in [0.29, 0.717) is 11.8 Å². The van der Waals surface area contributed by atoms with Crippen LogP contribution in [0.3, 0.4) is 0 Å². The van der Waals surface area contributed by atoms with Gasteiger partial charge in [-0.1, -0.05) is 48.6 Å². The first kappa shape index (κ1) is 9.93. The summed E-state index contributed by atoms with van der Waals surface area (Å²) in [5.74, 6) is 1.35. The third-order valence-electron chi connectivity index (χ3n) is 2.20. The zero-order chi connectivity index (χ0) is 7.52. The SMILES string of the molecule is C1=CC(CC2C=CC=C2)C=C1.[Zr]. The Morgan fingerprint density at radius 1 is 0.667 bits per heavy atom. The Morgan fingerprint density at radius 2 is 1.00 bits per heavy atom. The van der Waals surface area contributed by atoms with Crippen molar-refractivity contribution >= 4 is 0 Å². The maximum Gasteiger partial charge on any atom is 0 e. The zero-order valence-corrected chi connectivity index (χ0v) is 9.44. The molecule has 2 rings (SSSR count). The summed E-state index contributed by atoms with van der Waals surface area (Å²) in [4.78, 5) is 0. The van der Waals surface area contributed by atoms with E-state index in [-0.39, 0.29) is 26.2 Å². The van der Waals surface area contributed by atoms with E-state index in [1.807, 2.05) is 0 Å². The average Bonchev–Trinajstić information content (AvgIpc) is 2.60. The number of allylic oxidation sites excluding steroid dienone is 8. The third kappa shape index (κ3) is 2.42. The summed E-state index contributed by atoms with van der Waals surface area (Å²) in [6.07, 6.45) is 18.8. The monoisotopic (exact) mass is 234 g/mol. The van der Waals surface area contributed by atoms with Crippen LogP contribution in [0.25, 0.3) is 0 Å². The molecule has 0 radical (unpaired) electrons. The van der Waals surface area contributed by atoms with Crippen LogP contribution in [0.1, 0.15) is 6.42 Å². The second-order valence-electron chi connectivity index (χ2n) is 3.10. The third-order valence-corrected chi connectivity index (χ3v) is 2.20. The van der Waals surface area contributed by atoms with Crippen LogP contribution >= 0.6 is 0 Å². The molecular weight excluding hydrogens is 223 g/mol. The van der Waals surface area contributed by atoms with Crippen molar-refractivity contribution in [2.45, 2.75) is 6.42 Å². The normalized spacial score (nSPS) is 20.7. The summed E-state index contributed by atoms with van der Waals surface area (Å²) < 4.78 is 0. The fraction of sp³-hybridized carbons (Fsp3) is 0.273. The first-order valence-corrected chi connectivity index (χ1v) is 4.15. The van der Waals surface area contributed by atoms with Gasteiger partial charge in [-0.05, 0) is 18.3 Å². The van der Waals surface area contributed by atoms with Crippen molar-refractivity contribution in [1.82, 2.24) is 0 Å². The molecule has 60 valence electrons. The summed E-state index contributed by atoms with van der Waals surface area (Å²) in [6.45, 7) is 0. The van der Waals surface area contributed by atoms with E-state index < -0.39 is 0 Å². The van der Waals surface area contributed by atoms with Crippen molar-refractivity contribution in [1.29, 1.82) is 0 Å². The van der Waals surface area contributed by atoms with Gasteiger partial charge < -0.3 is 0 Å². The van der Waals surface area contributed by atoms with Gasteiger partial charge in [-0.25, -0.2) is 0 Å². The van der Waals surface area contributed by atoms with Gasteiger partial charge in [-0.15, -0.1) is 0 Å². The standard InChI is InChI=1S/C11H12.Zr/c1-2-6-10(5-1)9-11-7-3-4-8-11;/h1-8,10-11H,9H2;. The molecule has 0 N–H and O–H groups in total. The van der Waals surface area contributed by atoms with Crippen molar-refractivity contribution in [3.63, 3.8) is 0 Å². The number of hydrogen-bond donors (Lipinski definition) is 0. The average molecular weight is 235 g/mol. The van der Waals surface area contributed by atoms with Gasteiger partial charge in [0, 0.05) is 26.2 Å². The number of rotatable bonds is 2. The zero-order valence-electron chi connectivity index (χ0n) is 6.98. The molecule has 0 amide bonds. The van der Waals surface area contributed by atoms with E-state index in [9.17, 15) is 0 Å². The Hall–Kier alpha value is -0.157. The molecule has 12 heavy (non-hydrogen) atoms. The summed E-state index contributed by atoms with van der Waals surface area (Å²) in [5, 5.41) is 0. The van der Waals surface area contributed by atoms with Gasteiger partial charge in [-0.2, -0.15) is 0 Å². The molecule has 0 aromatic heterocycles. The van der Waals surface area contributed by atoms with Crippen molar-refractivity contribution in [2.24, 2.45) is 11.8 Å². The Morgan fingerprint density at radius 3 is 1.33 bits per heavy atom. The fourth-order valence-electron chi connectivity index (χ4n) is 1.58. The van der Waals surface area contributed by atoms with Crippen LogP contribution in [0.5, 0.6) is 0 Å². The minimum Gasteiger partial charge on any atom is -0.0776 e. The largest absolute Gasteiger partial charge is 0.0776 e. The summed E-state index contributed by atoms with van der Waals surface area (Å²) >= 11 is 0. The van der Waals surface area contributed by atoms with Gasteiger partial charge in [-0.3, -0.25) is 0 Å². The molecule has 0 unspecified atom stereocenters. The van der Waals surface area contributed by atoms with E-state index in [4.69, 9.17) is 0 Å². The predicted molar refractivity (Wildman–Crippen MR) is 48.2 cm³/mol. The van der Waals surface area contributed by atoms with E-state index in [0.717, 1.165) is 0 Å². The maximum absolute atomic E-state index is 2.26. The smallest absolute Gasteiger partial charge is 0 e. The van der Waals surface area contributed by atoms with Crippen LogP contribution in [0.4, 0.5) is 0 Å². The molecule has 0 spiro atoms. The van der Waals surface area contributed by atoms with Crippen molar-refractivity contribution in [3.05, 3.63) is 48.6 Å². The summed E-state index contributed by atoms with van der Waals surface area (Å²) in [5.41, 5.74) is 0. The van der Waals surface area contributed by atoms with Crippen LogP contribution in [0.15, 0.2) is 48.6 Å². The Balaban J connectivity index is 0.000000720. The van der Waals surface area contributed by atoms with Crippen LogP contribution in [-0.2, 0) is 26.2 Å². The molecule has 0 atom stereocenters. The van der Waals surface area contributed by atoms with Gasteiger partial charge in [0.1, 0.15) is 0 Å². The first-order chi connectivity index (χ1) is 5.45. The van der Waals surface area contributed by atoms with Gasteiger partial charge in [0.15, 0.2) is 0 Å². The fourth-order valence-corrected chi connectivity index (χ4v) is 1.58.